The van der Waals surface area contributed by atoms with Crippen molar-refractivity contribution >= 4 is 0 Å². The molecule has 1 rings (SSSR count). The Morgan fingerprint density at radius 1 is 1.30 bits per heavy atom. The van der Waals surface area contributed by atoms with Crippen LogP contribution in [0.25, 0.3) is 0 Å². The lowest BCUT2D eigenvalue weighted by atomic mass is 9.96. The second-order valence-electron chi connectivity index (χ2n) is 2.89. The van der Waals surface area contributed by atoms with E-state index in [1.54, 1.807) is 0 Å². The Morgan fingerprint density at radius 3 is 2.60 bits per heavy atom. The van der Waals surface area contributed by atoms with E-state index in [-0.39, 0.29) is 0 Å². The summed E-state index contributed by atoms with van der Waals surface area (Å²) in [7, 11) is 0. The minimum Gasteiger partial charge on any atom is -0.302 e. The lowest BCUT2D eigenvalue weighted by Gasteiger charge is -2.21. The standard InChI is InChI=1S/C8H17NO/c1-2-10-9-8-6-4-3-5-7-8/h8-9H,2-7H2,1H3. The Hall–Kier alpha value is -0.0800. The first-order chi connectivity index (χ1) is 4.93. The highest BCUT2D eigenvalue weighted by atomic mass is 16.6. The lowest BCUT2D eigenvalue weighted by Crippen LogP contribution is -2.30. The molecule has 0 saturated heterocycles. The van der Waals surface area contributed by atoms with Crippen LogP contribution in [0.15, 0.2) is 0 Å². The Bertz CT molecular complexity index is 79.3. The molecule has 2 nitrogen and oxygen atoms in total. The van der Waals surface area contributed by atoms with Crippen LogP contribution < -0.4 is 5.48 Å². The molecule has 0 heterocycles. The fourth-order valence-electron chi connectivity index (χ4n) is 1.42. The van der Waals surface area contributed by atoms with Crippen LogP contribution in [0.4, 0.5) is 0 Å². The first kappa shape index (κ1) is 8.02. The Kier molecular flexibility index (Phi) is 3.76. The summed E-state index contributed by atoms with van der Waals surface area (Å²) >= 11 is 0. The Morgan fingerprint density at radius 2 is 2.00 bits per heavy atom. The van der Waals surface area contributed by atoms with Gasteiger partial charge in [0, 0.05) is 6.04 Å². The van der Waals surface area contributed by atoms with Crippen LogP contribution in [0, 0.1) is 0 Å². The van der Waals surface area contributed by atoms with Crippen LogP contribution >= 0.6 is 0 Å². The highest BCUT2D eigenvalue weighted by Gasteiger charge is 2.11. The van der Waals surface area contributed by atoms with Crippen LogP contribution in [-0.4, -0.2) is 12.6 Å². The van der Waals surface area contributed by atoms with Gasteiger partial charge in [0.25, 0.3) is 0 Å². The quantitative estimate of drug-likeness (QED) is 0.609. The molecule has 0 aromatic carbocycles. The molecule has 1 aliphatic carbocycles. The van der Waals surface area contributed by atoms with Crippen molar-refractivity contribution in [2.45, 2.75) is 45.1 Å². The molecule has 0 unspecified atom stereocenters. The van der Waals surface area contributed by atoms with Crippen LogP contribution in [0.3, 0.4) is 0 Å². The van der Waals surface area contributed by atoms with Crippen molar-refractivity contribution in [2.75, 3.05) is 6.61 Å². The van der Waals surface area contributed by atoms with Gasteiger partial charge in [-0.1, -0.05) is 19.3 Å². The number of hydrogen-bond donors (Lipinski definition) is 1. The molecule has 1 aliphatic rings. The van der Waals surface area contributed by atoms with Crippen LogP contribution in [-0.2, 0) is 4.84 Å². The zero-order valence-electron chi connectivity index (χ0n) is 6.73. The molecule has 0 bridgehead atoms. The van der Waals surface area contributed by atoms with Crippen molar-refractivity contribution in [1.82, 2.24) is 5.48 Å². The molecule has 60 valence electrons. The van der Waals surface area contributed by atoms with E-state index >= 15 is 0 Å². The van der Waals surface area contributed by atoms with Crippen molar-refractivity contribution in [3.63, 3.8) is 0 Å². The van der Waals surface area contributed by atoms with E-state index < -0.39 is 0 Å². The fraction of sp³-hybridized carbons (Fsp3) is 1.00. The zero-order valence-corrected chi connectivity index (χ0v) is 6.73. The van der Waals surface area contributed by atoms with E-state index in [1.807, 2.05) is 6.92 Å². The topological polar surface area (TPSA) is 21.3 Å². The normalized spacial score (nSPS) is 21.3. The molecular weight excluding hydrogens is 126 g/mol. The lowest BCUT2D eigenvalue weighted by molar-refractivity contribution is 0.0153. The maximum Gasteiger partial charge on any atom is 0.0654 e. The molecule has 1 fully saturated rings. The summed E-state index contributed by atoms with van der Waals surface area (Å²) < 4.78 is 0. The van der Waals surface area contributed by atoms with Crippen LogP contribution in [0.2, 0.25) is 0 Å². The summed E-state index contributed by atoms with van der Waals surface area (Å²) in [6, 6.07) is 0.633. The molecule has 0 atom stereocenters. The number of nitrogens with one attached hydrogen (secondary N) is 1. The fourth-order valence-corrected chi connectivity index (χ4v) is 1.42. The second kappa shape index (κ2) is 4.69. The average molecular weight is 143 g/mol. The summed E-state index contributed by atoms with van der Waals surface area (Å²) in [5, 5.41) is 0. The molecule has 10 heavy (non-hydrogen) atoms. The molecule has 0 spiro atoms. The van der Waals surface area contributed by atoms with Gasteiger partial charge >= 0.3 is 0 Å². The zero-order chi connectivity index (χ0) is 7.23. The third-order valence-electron chi connectivity index (χ3n) is 2.00. The number of hydroxylamine groups is 1. The molecular formula is C8H17NO. The van der Waals surface area contributed by atoms with Gasteiger partial charge < -0.3 is 4.84 Å². The van der Waals surface area contributed by atoms with Crippen molar-refractivity contribution in [1.29, 1.82) is 0 Å². The second-order valence-corrected chi connectivity index (χ2v) is 2.89. The Balaban J connectivity index is 2.02. The highest BCUT2D eigenvalue weighted by Crippen LogP contribution is 2.16. The summed E-state index contributed by atoms with van der Waals surface area (Å²) in [6.07, 6.45) is 6.72. The van der Waals surface area contributed by atoms with E-state index in [0.29, 0.717) is 6.04 Å². The van der Waals surface area contributed by atoms with Gasteiger partial charge in [-0.2, -0.15) is 5.48 Å². The molecule has 0 radical (unpaired) electrons. The summed E-state index contributed by atoms with van der Waals surface area (Å²) in [5.41, 5.74) is 3.07. The summed E-state index contributed by atoms with van der Waals surface area (Å²) in [4.78, 5) is 5.12. The first-order valence-corrected chi connectivity index (χ1v) is 4.31. The van der Waals surface area contributed by atoms with Crippen molar-refractivity contribution in [2.24, 2.45) is 0 Å². The first-order valence-electron chi connectivity index (χ1n) is 4.31. The summed E-state index contributed by atoms with van der Waals surface area (Å²) in [6.45, 7) is 2.78. The predicted molar refractivity (Wildman–Crippen MR) is 41.6 cm³/mol. The van der Waals surface area contributed by atoms with E-state index in [0.717, 1.165) is 6.61 Å². The van der Waals surface area contributed by atoms with E-state index in [2.05, 4.69) is 5.48 Å². The molecule has 0 aromatic heterocycles. The third kappa shape index (κ3) is 2.67. The van der Waals surface area contributed by atoms with Gasteiger partial charge in [0.05, 0.1) is 6.61 Å². The van der Waals surface area contributed by atoms with Gasteiger partial charge in [-0.15, -0.1) is 0 Å². The van der Waals surface area contributed by atoms with Crippen LogP contribution in [0.1, 0.15) is 39.0 Å². The average Bonchev–Trinajstić information content (AvgIpc) is 2.03. The maximum atomic E-state index is 5.12. The van der Waals surface area contributed by atoms with Crippen molar-refractivity contribution < 1.29 is 4.84 Å². The Labute approximate surface area is 62.9 Å². The molecule has 0 amide bonds. The smallest absolute Gasteiger partial charge is 0.0654 e. The monoisotopic (exact) mass is 143 g/mol. The largest absolute Gasteiger partial charge is 0.302 e. The van der Waals surface area contributed by atoms with Crippen molar-refractivity contribution in [3.8, 4) is 0 Å². The van der Waals surface area contributed by atoms with Crippen LogP contribution in [0.5, 0.6) is 0 Å². The van der Waals surface area contributed by atoms with Crippen molar-refractivity contribution in [3.05, 3.63) is 0 Å². The minimum absolute atomic E-state index is 0.633. The van der Waals surface area contributed by atoms with Gasteiger partial charge in [0.1, 0.15) is 0 Å². The van der Waals surface area contributed by atoms with E-state index in [9.17, 15) is 0 Å². The summed E-state index contributed by atoms with van der Waals surface area (Å²) in [5.74, 6) is 0. The molecule has 2 heteroatoms. The highest BCUT2D eigenvalue weighted by molar-refractivity contribution is 4.67. The van der Waals surface area contributed by atoms with Gasteiger partial charge in [-0.3, -0.25) is 0 Å². The van der Waals surface area contributed by atoms with Gasteiger partial charge in [-0.05, 0) is 19.8 Å². The molecule has 1 saturated carbocycles. The van der Waals surface area contributed by atoms with Gasteiger partial charge in [0.2, 0.25) is 0 Å². The van der Waals surface area contributed by atoms with Gasteiger partial charge in [0.15, 0.2) is 0 Å². The molecule has 0 aromatic rings. The van der Waals surface area contributed by atoms with E-state index in [4.69, 9.17) is 4.84 Å². The van der Waals surface area contributed by atoms with Gasteiger partial charge in [-0.25, -0.2) is 0 Å². The number of hydrogen-bond acceptors (Lipinski definition) is 2. The van der Waals surface area contributed by atoms with E-state index in [1.165, 1.54) is 32.1 Å². The minimum atomic E-state index is 0.633. The predicted octanol–water partition coefficient (Wildman–Crippen LogP) is 1.86. The molecule has 0 aliphatic heterocycles. The number of rotatable bonds is 3. The third-order valence-corrected chi connectivity index (χ3v) is 2.00. The maximum absolute atomic E-state index is 5.12. The SMILES string of the molecule is CCONC1CCCCC1. The molecule has 1 N–H and O–H groups in total.